The van der Waals surface area contributed by atoms with Gasteiger partial charge in [-0.25, -0.2) is 0 Å². The third kappa shape index (κ3) is 2.54. The Morgan fingerprint density at radius 2 is 2.21 bits per heavy atom. The molecule has 1 aliphatic carbocycles. The molecule has 1 saturated carbocycles. The van der Waals surface area contributed by atoms with Crippen LogP contribution in [0.3, 0.4) is 0 Å². The molecule has 4 nitrogen and oxygen atoms in total. The predicted molar refractivity (Wildman–Crippen MR) is 77.5 cm³/mol. The smallest absolute Gasteiger partial charge is 0.0860 e. The van der Waals surface area contributed by atoms with Crippen LogP contribution in [-0.2, 0) is 17.8 Å². The largest absolute Gasteiger partial charge is 0.381 e. The fourth-order valence-corrected chi connectivity index (χ4v) is 3.09. The molecule has 0 saturated heterocycles. The Morgan fingerprint density at radius 3 is 2.74 bits per heavy atom. The van der Waals surface area contributed by atoms with Crippen LogP contribution in [0, 0.1) is 12.3 Å². The molecule has 2 rings (SSSR count). The van der Waals surface area contributed by atoms with Crippen LogP contribution < -0.4 is 5.32 Å². The number of methoxy groups -OCH3 is 1. The summed E-state index contributed by atoms with van der Waals surface area (Å²) in [7, 11) is 1.79. The van der Waals surface area contributed by atoms with Crippen molar-refractivity contribution in [1.82, 2.24) is 15.1 Å². The minimum Gasteiger partial charge on any atom is -0.381 e. The zero-order valence-corrected chi connectivity index (χ0v) is 13.2. The minimum absolute atomic E-state index is 0.174. The van der Waals surface area contributed by atoms with Gasteiger partial charge in [0.25, 0.3) is 0 Å². The molecule has 1 aromatic heterocycles. The SMILES string of the molecule is CCn1nc(C)c(Cl)c1CNC1CC(OC)C1(C)C. The average Bonchev–Trinajstić information content (AvgIpc) is 2.65. The van der Waals surface area contributed by atoms with Crippen LogP contribution in [0.2, 0.25) is 5.02 Å². The molecule has 1 N–H and O–H groups in total. The number of hydrogen-bond acceptors (Lipinski definition) is 3. The van der Waals surface area contributed by atoms with E-state index in [2.05, 4.69) is 31.2 Å². The maximum absolute atomic E-state index is 6.32. The van der Waals surface area contributed by atoms with Crippen LogP contribution >= 0.6 is 11.6 Å². The molecule has 0 aliphatic heterocycles. The van der Waals surface area contributed by atoms with Gasteiger partial charge in [0.05, 0.1) is 22.5 Å². The van der Waals surface area contributed by atoms with E-state index in [1.807, 2.05) is 11.6 Å². The first-order chi connectivity index (χ1) is 8.91. The molecule has 2 atom stereocenters. The molecule has 108 valence electrons. The third-order valence-corrected chi connectivity index (χ3v) is 4.92. The Bertz CT molecular complexity index is 456. The van der Waals surface area contributed by atoms with Crippen LogP contribution in [0.15, 0.2) is 0 Å². The molecular formula is C14H24ClN3O. The van der Waals surface area contributed by atoms with Gasteiger partial charge in [-0.3, -0.25) is 4.68 Å². The van der Waals surface area contributed by atoms with E-state index < -0.39 is 0 Å². The summed E-state index contributed by atoms with van der Waals surface area (Å²) in [6.45, 7) is 10.1. The number of nitrogens with zero attached hydrogens (tertiary/aromatic N) is 2. The van der Waals surface area contributed by atoms with Crippen molar-refractivity contribution < 1.29 is 4.74 Å². The van der Waals surface area contributed by atoms with E-state index in [0.717, 1.165) is 35.9 Å². The van der Waals surface area contributed by atoms with E-state index >= 15 is 0 Å². The van der Waals surface area contributed by atoms with Gasteiger partial charge in [-0.2, -0.15) is 5.10 Å². The lowest BCUT2D eigenvalue weighted by Gasteiger charge is -2.51. The van der Waals surface area contributed by atoms with Crippen LogP contribution in [0.25, 0.3) is 0 Å². The Hall–Kier alpha value is -0.580. The van der Waals surface area contributed by atoms with Gasteiger partial charge in [-0.05, 0) is 20.3 Å². The maximum Gasteiger partial charge on any atom is 0.0860 e. The zero-order chi connectivity index (χ0) is 14.2. The number of aromatic nitrogens is 2. The number of hydrogen-bond donors (Lipinski definition) is 1. The van der Waals surface area contributed by atoms with Crippen molar-refractivity contribution in [3.05, 3.63) is 16.4 Å². The highest BCUT2D eigenvalue weighted by Gasteiger charge is 2.48. The standard InChI is InChI=1S/C14H24ClN3O/c1-6-18-10(13(15)9(2)17-18)8-16-11-7-12(19-5)14(11,3)4/h11-12,16H,6-8H2,1-5H3. The van der Waals surface area contributed by atoms with Crippen LogP contribution in [-0.4, -0.2) is 29.0 Å². The Labute approximate surface area is 120 Å². The van der Waals surface area contributed by atoms with Gasteiger partial charge < -0.3 is 10.1 Å². The van der Waals surface area contributed by atoms with E-state index in [4.69, 9.17) is 16.3 Å². The van der Waals surface area contributed by atoms with Gasteiger partial charge in [0.2, 0.25) is 0 Å². The number of ether oxygens (including phenoxy) is 1. The summed E-state index contributed by atoms with van der Waals surface area (Å²) in [5.41, 5.74) is 2.16. The zero-order valence-electron chi connectivity index (χ0n) is 12.5. The molecule has 0 amide bonds. The quantitative estimate of drug-likeness (QED) is 0.904. The lowest BCUT2D eigenvalue weighted by atomic mass is 9.64. The highest BCUT2D eigenvalue weighted by molar-refractivity contribution is 6.31. The van der Waals surface area contributed by atoms with E-state index in [1.54, 1.807) is 7.11 Å². The van der Waals surface area contributed by atoms with Crippen molar-refractivity contribution in [2.24, 2.45) is 5.41 Å². The number of nitrogens with one attached hydrogen (secondary N) is 1. The molecule has 0 spiro atoms. The summed E-state index contributed by atoms with van der Waals surface area (Å²) < 4.78 is 7.45. The molecule has 0 bridgehead atoms. The van der Waals surface area contributed by atoms with Crippen molar-refractivity contribution in [2.45, 2.75) is 59.4 Å². The van der Waals surface area contributed by atoms with Gasteiger partial charge in [-0.1, -0.05) is 25.4 Å². The molecule has 1 fully saturated rings. The van der Waals surface area contributed by atoms with Gasteiger partial charge in [0, 0.05) is 31.7 Å². The molecule has 5 heteroatoms. The van der Waals surface area contributed by atoms with Crippen LogP contribution in [0.1, 0.15) is 38.6 Å². The predicted octanol–water partition coefficient (Wildman–Crippen LogP) is 2.77. The second-order valence-electron chi connectivity index (χ2n) is 5.88. The lowest BCUT2D eigenvalue weighted by Crippen LogP contribution is -2.60. The number of rotatable bonds is 5. The average molecular weight is 286 g/mol. The first-order valence-corrected chi connectivity index (χ1v) is 7.27. The summed E-state index contributed by atoms with van der Waals surface area (Å²) >= 11 is 6.32. The number of aryl methyl sites for hydroxylation is 2. The molecule has 1 heterocycles. The fourth-order valence-electron chi connectivity index (χ4n) is 2.89. The van der Waals surface area contributed by atoms with Crippen molar-refractivity contribution in [3.63, 3.8) is 0 Å². The van der Waals surface area contributed by atoms with Crippen molar-refractivity contribution in [3.8, 4) is 0 Å². The Kier molecular flexibility index (Phi) is 4.23. The fraction of sp³-hybridized carbons (Fsp3) is 0.786. The first kappa shape index (κ1) is 14.8. The molecule has 0 aromatic carbocycles. The summed E-state index contributed by atoms with van der Waals surface area (Å²) in [5, 5.41) is 8.82. The lowest BCUT2D eigenvalue weighted by molar-refractivity contribution is -0.0980. The normalized spacial score (nSPS) is 25.4. The van der Waals surface area contributed by atoms with Crippen LogP contribution in [0.4, 0.5) is 0 Å². The van der Waals surface area contributed by atoms with Crippen molar-refractivity contribution in [1.29, 1.82) is 0 Å². The van der Waals surface area contributed by atoms with Crippen molar-refractivity contribution >= 4 is 11.6 Å². The molecule has 19 heavy (non-hydrogen) atoms. The summed E-state index contributed by atoms with van der Waals surface area (Å²) in [4.78, 5) is 0. The molecule has 2 unspecified atom stereocenters. The van der Waals surface area contributed by atoms with E-state index in [-0.39, 0.29) is 5.41 Å². The Morgan fingerprint density at radius 1 is 1.53 bits per heavy atom. The van der Waals surface area contributed by atoms with E-state index in [9.17, 15) is 0 Å². The molecule has 1 aliphatic rings. The first-order valence-electron chi connectivity index (χ1n) is 6.89. The molecule has 0 radical (unpaired) electrons. The number of halogens is 1. The Balaban J connectivity index is 2.01. The van der Waals surface area contributed by atoms with Gasteiger partial charge in [0.15, 0.2) is 0 Å². The van der Waals surface area contributed by atoms with E-state index in [0.29, 0.717) is 12.1 Å². The second kappa shape index (κ2) is 5.43. The molecular weight excluding hydrogens is 262 g/mol. The summed E-state index contributed by atoms with van der Waals surface area (Å²) in [6, 6.07) is 0.467. The van der Waals surface area contributed by atoms with Gasteiger partial charge in [0.1, 0.15) is 0 Å². The highest BCUT2D eigenvalue weighted by atomic mass is 35.5. The summed E-state index contributed by atoms with van der Waals surface area (Å²) in [6.07, 6.45) is 1.40. The van der Waals surface area contributed by atoms with Crippen molar-refractivity contribution in [2.75, 3.05) is 7.11 Å². The van der Waals surface area contributed by atoms with Gasteiger partial charge >= 0.3 is 0 Å². The maximum atomic E-state index is 6.32. The van der Waals surface area contributed by atoms with Gasteiger partial charge in [-0.15, -0.1) is 0 Å². The topological polar surface area (TPSA) is 39.1 Å². The van der Waals surface area contributed by atoms with E-state index in [1.165, 1.54) is 0 Å². The highest BCUT2D eigenvalue weighted by Crippen LogP contribution is 2.42. The third-order valence-electron chi connectivity index (χ3n) is 4.43. The monoisotopic (exact) mass is 285 g/mol. The van der Waals surface area contributed by atoms with Crippen LogP contribution in [0.5, 0.6) is 0 Å². The second-order valence-corrected chi connectivity index (χ2v) is 6.25. The minimum atomic E-state index is 0.174. The molecule has 1 aromatic rings. The summed E-state index contributed by atoms with van der Waals surface area (Å²) in [5.74, 6) is 0.